The zero-order valence-corrected chi connectivity index (χ0v) is 12.1. The molecule has 0 aliphatic rings. The Balaban J connectivity index is 2.20. The summed E-state index contributed by atoms with van der Waals surface area (Å²) >= 11 is 0. The van der Waals surface area contributed by atoms with Crippen LogP contribution in [0.15, 0.2) is 27.4 Å². The maximum atomic E-state index is 12.1. The van der Waals surface area contributed by atoms with E-state index in [1.165, 1.54) is 4.57 Å². The van der Waals surface area contributed by atoms with E-state index in [4.69, 9.17) is 14.9 Å². The number of ether oxygens (including phenoxy) is 1. The maximum Gasteiger partial charge on any atom is 0.420 e. The Kier molecular flexibility index (Phi) is 4.64. The number of fused-ring (bicyclic) bond motifs is 1. The molecular weight excluding hydrogens is 274 g/mol. The van der Waals surface area contributed by atoms with E-state index in [0.717, 1.165) is 0 Å². The number of carbonyl (C=O) groups is 1. The van der Waals surface area contributed by atoms with Crippen LogP contribution in [0.25, 0.3) is 11.1 Å². The number of nitrogens with zero attached hydrogens (tertiary/aromatic N) is 1. The summed E-state index contributed by atoms with van der Waals surface area (Å²) in [6.45, 7) is 2.70. The van der Waals surface area contributed by atoms with Gasteiger partial charge in [-0.05, 0) is 31.5 Å². The SMILES string of the molecule is COCCCNC(=O)C(C)n1c(=O)oc2ccc(N)cc21. The molecule has 1 aromatic heterocycles. The third-order valence-electron chi connectivity index (χ3n) is 3.23. The van der Waals surface area contributed by atoms with Crippen molar-refractivity contribution in [2.75, 3.05) is 26.0 Å². The number of nitrogens with one attached hydrogen (secondary N) is 1. The molecule has 1 unspecified atom stereocenters. The smallest absolute Gasteiger partial charge is 0.408 e. The maximum absolute atomic E-state index is 12.1. The number of nitrogen functional groups attached to an aromatic ring is 1. The van der Waals surface area contributed by atoms with Gasteiger partial charge in [0.2, 0.25) is 5.91 Å². The summed E-state index contributed by atoms with van der Waals surface area (Å²) in [6.07, 6.45) is 0.711. The first kappa shape index (κ1) is 15.1. The van der Waals surface area contributed by atoms with Gasteiger partial charge in [-0.3, -0.25) is 9.36 Å². The molecule has 21 heavy (non-hydrogen) atoms. The Labute approximate surface area is 121 Å². The molecule has 7 heteroatoms. The highest BCUT2D eigenvalue weighted by atomic mass is 16.5. The van der Waals surface area contributed by atoms with E-state index in [9.17, 15) is 9.59 Å². The van der Waals surface area contributed by atoms with Crippen LogP contribution in [0.5, 0.6) is 0 Å². The molecular formula is C14H19N3O4. The third kappa shape index (κ3) is 3.25. The summed E-state index contributed by atoms with van der Waals surface area (Å²) in [5, 5.41) is 2.76. The predicted molar refractivity (Wildman–Crippen MR) is 79.1 cm³/mol. The fourth-order valence-corrected chi connectivity index (χ4v) is 2.11. The van der Waals surface area contributed by atoms with Crippen LogP contribution in [-0.2, 0) is 9.53 Å². The second-order valence-corrected chi connectivity index (χ2v) is 4.78. The number of amides is 1. The second kappa shape index (κ2) is 6.45. The van der Waals surface area contributed by atoms with E-state index < -0.39 is 11.8 Å². The monoisotopic (exact) mass is 293 g/mol. The molecule has 1 aromatic carbocycles. The number of methoxy groups -OCH3 is 1. The Bertz CT molecular complexity index is 689. The number of hydrogen-bond donors (Lipinski definition) is 2. The quantitative estimate of drug-likeness (QED) is 0.608. The lowest BCUT2D eigenvalue weighted by atomic mass is 10.2. The van der Waals surface area contributed by atoms with Crippen molar-refractivity contribution in [3.8, 4) is 0 Å². The number of aromatic nitrogens is 1. The van der Waals surface area contributed by atoms with Gasteiger partial charge in [0, 0.05) is 25.9 Å². The van der Waals surface area contributed by atoms with Gasteiger partial charge >= 0.3 is 5.76 Å². The molecule has 0 aliphatic heterocycles. The number of hydrogen-bond acceptors (Lipinski definition) is 5. The molecule has 1 amide bonds. The summed E-state index contributed by atoms with van der Waals surface area (Å²) in [7, 11) is 1.60. The van der Waals surface area contributed by atoms with Gasteiger partial charge in [-0.25, -0.2) is 4.79 Å². The highest BCUT2D eigenvalue weighted by Crippen LogP contribution is 2.19. The second-order valence-electron chi connectivity index (χ2n) is 4.78. The molecule has 1 heterocycles. The van der Waals surface area contributed by atoms with Crippen LogP contribution < -0.4 is 16.8 Å². The first-order valence-electron chi connectivity index (χ1n) is 6.72. The minimum Gasteiger partial charge on any atom is -0.408 e. The highest BCUT2D eigenvalue weighted by Gasteiger charge is 2.21. The van der Waals surface area contributed by atoms with E-state index in [2.05, 4.69) is 5.32 Å². The molecule has 0 spiro atoms. The molecule has 0 saturated heterocycles. The first-order valence-corrected chi connectivity index (χ1v) is 6.72. The zero-order chi connectivity index (χ0) is 15.4. The molecule has 0 aliphatic carbocycles. The van der Waals surface area contributed by atoms with E-state index in [1.54, 1.807) is 32.2 Å². The molecule has 2 rings (SSSR count). The van der Waals surface area contributed by atoms with E-state index in [1.807, 2.05) is 0 Å². The summed E-state index contributed by atoms with van der Waals surface area (Å²) in [6, 6.07) is 4.20. The Hall–Kier alpha value is -2.28. The number of nitrogens with two attached hydrogens (primary N) is 1. The van der Waals surface area contributed by atoms with Crippen LogP contribution in [0.3, 0.4) is 0 Å². The molecule has 7 nitrogen and oxygen atoms in total. The van der Waals surface area contributed by atoms with Crippen molar-refractivity contribution in [3.63, 3.8) is 0 Å². The van der Waals surface area contributed by atoms with Gasteiger partial charge in [0.1, 0.15) is 6.04 Å². The predicted octanol–water partition coefficient (Wildman–Crippen LogP) is 0.890. The largest absolute Gasteiger partial charge is 0.420 e. The summed E-state index contributed by atoms with van der Waals surface area (Å²) in [5.74, 6) is -0.825. The van der Waals surface area contributed by atoms with Gasteiger partial charge in [0.25, 0.3) is 0 Å². The van der Waals surface area contributed by atoms with Gasteiger partial charge in [-0.1, -0.05) is 0 Å². The number of rotatable bonds is 6. The highest BCUT2D eigenvalue weighted by molar-refractivity contribution is 5.83. The van der Waals surface area contributed by atoms with Crippen molar-refractivity contribution in [3.05, 3.63) is 28.7 Å². The van der Waals surface area contributed by atoms with Crippen molar-refractivity contribution >= 4 is 22.7 Å². The molecule has 0 fully saturated rings. The Morgan fingerprint density at radius 3 is 3.00 bits per heavy atom. The molecule has 0 radical (unpaired) electrons. The fraction of sp³-hybridized carbons (Fsp3) is 0.429. The van der Waals surface area contributed by atoms with E-state index >= 15 is 0 Å². The van der Waals surface area contributed by atoms with Crippen LogP contribution in [0, 0.1) is 0 Å². The topological polar surface area (TPSA) is 99.5 Å². The molecule has 2 aromatic rings. The molecule has 0 saturated carbocycles. The van der Waals surface area contributed by atoms with Crippen molar-refractivity contribution < 1.29 is 13.9 Å². The first-order chi connectivity index (χ1) is 10.0. The van der Waals surface area contributed by atoms with Gasteiger partial charge < -0.3 is 20.2 Å². The minimum absolute atomic E-state index is 0.252. The van der Waals surface area contributed by atoms with Crippen LogP contribution in [0.2, 0.25) is 0 Å². The number of benzene rings is 1. The lowest BCUT2D eigenvalue weighted by Crippen LogP contribution is -2.35. The van der Waals surface area contributed by atoms with Gasteiger partial charge in [0.05, 0.1) is 5.52 Å². The average Bonchev–Trinajstić information content (AvgIpc) is 2.77. The molecule has 3 N–H and O–H groups in total. The lowest BCUT2D eigenvalue weighted by molar-refractivity contribution is -0.123. The Morgan fingerprint density at radius 1 is 1.52 bits per heavy atom. The normalized spacial score (nSPS) is 12.5. The van der Waals surface area contributed by atoms with Crippen LogP contribution >= 0.6 is 0 Å². The fourth-order valence-electron chi connectivity index (χ4n) is 2.11. The van der Waals surface area contributed by atoms with Crippen molar-refractivity contribution in [2.24, 2.45) is 0 Å². The number of oxazole rings is 1. The average molecular weight is 293 g/mol. The van der Waals surface area contributed by atoms with Crippen LogP contribution in [0.4, 0.5) is 5.69 Å². The van der Waals surface area contributed by atoms with Crippen LogP contribution in [-0.4, -0.2) is 30.7 Å². The van der Waals surface area contributed by atoms with E-state index in [-0.39, 0.29) is 5.91 Å². The lowest BCUT2D eigenvalue weighted by Gasteiger charge is -2.13. The van der Waals surface area contributed by atoms with Crippen molar-refractivity contribution in [1.29, 1.82) is 0 Å². The van der Waals surface area contributed by atoms with Gasteiger partial charge in [-0.2, -0.15) is 0 Å². The summed E-state index contributed by atoms with van der Waals surface area (Å²) in [4.78, 5) is 24.0. The van der Waals surface area contributed by atoms with Crippen LogP contribution in [0.1, 0.15) is 19.4 Å². The molecule has 114 valence electrons. The third-order valence-corrected chi connectivity index (χ3v) is 3.23. The standard InChI is InChI=1S/C14H19N3O4/c1-9(13(18)16-6-3-7-20-2)17-11-8-10(15)4-5-12(11)21-14(17)19/h4-5,8-9H,3,6-7,15H2,1-2H3,(H,16,18). The van der Waals surface area contributed by atoms with Gasteiger partial charge in [0.15, 0.2) is 5.58 Å². The minimum atomic E-state index is -0.678. The van der Waals surface area contributed by atoms with E-state index in [0.29, 0.717) is 36.4 Å². The Morgan fingerprint density at radius 2 is 2.29 bits per heavy atom. The molecule has 0 bridgehead atoms. The van der Waals surface area contributed by atoms with Gasteiger partial charge in [-0.15, -0.1) is 0 Å². The summed E-state index contributed by atoms with van der Waals surface area (Å²) in [5.41, 5.74) is 7.15. The molecule has 1 atom stereocenters. The van der Waals surface area contributed by atoms with Crippen molar-refractivity contribution in [2.45, 2.75) is 19.4 Å². The van der Waals surface area contributed by atoms with Crippen molar-refractivity contribution in [1.82, 2.24) is 9.88 Å². The number of carbonyl (C=O) groups excluding carboxylic acids is 1. The number of anilines is 1. The summed E-state index contributed by atoms with van der Waals surface area (Å²) < 4.78 is 11.3. The zero-order valence-electron chi connectivity index (χ0n) is 12.1.